The van der Waals surface area contributed by atoms with Crippen molar-refractivity contribution in [1.82, 2.24) is 9.80 Å². The van der Waals surface area contributed by atoms with Crippen LogP contribution in [0.3, 0.4) is 0 Å². The third kappa shape index (κ3) is 3.82. The standard InChI is InChI=1S/C16H21FN2O3/c1-2-14(16(21)22)18-7-9-19(10-8-18)15(20)11-12-5-3-4-6-13(12)17/h3-6,14H,2,7-11H2,1H3,(H,21,22)/t14-/m1/s1. The molecule has 120 valence electrons. The van der Waals surface area contributed by atoms with E-state index in [1.54, 1.807) is 23.1 Å². The summed E-state index contributed by atoms with van der Waals surface area (Å²) in [5.41, 5.74) is 0.395. The minimum atomic E-state index is -0.825. The molecule has 1 aromatic rings. The summed E-state index contributed by atoms with van der Waals surface area (Å²) in [6, 6.07) is 5.77. The van der Waals surface area contributed by atoms with Crippen LogP contribution in [0, 0.1) is 5.82 Å². The quantitative estimate of drug-likeness (QED) is 0.892. The van der Waals surface area contributed by atoms with Crippen LogP contribution < -0.4 is 0 Å². The van der Waals surface area contributed by atoms with Crippen LogP contribution in [0.15, 0.2) is 24.3 Å². The summed E-state index contributed by atoms with van der Waals surface area (Å²) in [4.78, 5) is 26.9. The van der Waals surface area contributed by atoms with E-state index in [1.807, 2.05) is 11.8 Å². The van der Waals surface area contributed by atoms with Crippen LogP contribution in [0.5, 0.6) is 0 Å². The Morgan fingerprint density at radius 1 is 1.23 bits per heavy atom. The van der Waals surface area contributed by atoms with Crippen LogP contribution in [0.1, 0.15) is 18.9 Å². The zero-order valence-corrected chi connectivity index (χ0v) is 12.7. The molecule has 2 rings (SSSR count). The lowest BCUT2D eigenvalue weighted by Crippen LogP contribution is -2.54. The Bertz CT molecular complexity index is 542. The van der Waals surface area contributed by atoms with E-state index < -0.39 is 12.0 Å². The number of benzene rings is 1. The summed E-state index contributed by atoms with van der Waals surface area (Å²) in [5, 5.41) is 9.16. The zero-order valence-electron chi connectivity index (χ0n) is 12.7. The number of piperazine rings is 1. The second-order valence-corrected chi connectivity index (χ2v) is 5.45. The summed E-state index contributed by atoms with van der Waals surface area (Å²) >= 11 is 0. The maximum absolute atomic E-state index is 13.6. The second-order valence-electron chi connectivity index (χ2n) is 5.45. The summed E-state index contributed by atoms with van der Waals surface area (Å²) in [6.07, 6.45) is 0.585. The minimum Gasteiger partial charge on any atom is -0.480 e. The molecule has 0 aromatic heterocycles. The molecule has 1 heterocycles. The van der Waals surface area contributed by atoms with Gasteiger partial charge in [0.1, 0.15) is 11.9 Å². The Morgan fingerprint density at radius 3 is 2.41 bits per heavy atom. The Kier molecular flexibility index (Phi) is 5.49. The highest BCUT2D eigenvalue weighted by molar-refractivity contribution is 5.79. The molecular formula is C16H21FN2O3. The van der Waals surface area contributed by atoms with Gasteiger partial charge in [-0.2, -0.15) is 0 Å². The van der Waals surface area contributed by atoms with Crippen LogP contribution in [0.25, 0.3) is 0 Å². The fourth-order valence-electron chi connectivity index (χ4n) is 2.79. The van der Waals surface area contributed by atoms with Crippen LogP contribution in [0.4, 0.5) is 4.39 Å². The summed E-state index contributed by atoms with van der Waals surface area (Å²) in [7, 11) is 0. The number of amides is 1. The second kappa shape index (κ2) is 7.35. The molecule has 0 radical (unpaired) electrons. The molecule has 0 bridgehead atoms. The van der Waals surface area contributed by atoms with Gasteiger partial charge in [-0.3, -0.25) is 14.5 Å². The number of halogens is 1. The van der Waals surface area contributed by atoms with Gasteiger partial charge in [-0.05, 0) is 18.1 Å². The molecule has 1 amide bonds. The van der Waals surface area contributed by atoms with Crippen molar-refractivity contribution in [3.8, 4) is 0 Å². The van der Waals surface area contributed by atoms with E-state index in [0.717, 1.165) is 0 Å². The van der Waals surface area contributed by atoms with Crippen molar-refractivity contribution in [1.29, 1.82) is 0 Å². The minimum absolute atomic E-state index is 0.0445. The number of hydrogen-bond acceptors (Lipinski definition) is 3. The van der Waals surface area contributed by atoms with Crippen molar-refractivity contribution in [2.75, 3.05) is 26.2 Å². The monoisotopic (exact) mass is 308 g/mol. The molecule has 0 saturated carbocycles. The van der Waals surface area contributed by atoms with Crippen LogP contribution >= 0.6 is 0 Å². The number of carboxylic acid groups (broad SMARTS) is 1. The van der Waals surface area contributed by atoms with Gasteiger partial charge in [0.25, 0.3) is 0 Å². The number of hydrogen-bond donors (Lipinski definition) is 1. The average molecular weight is 308 g/mol. The van der Waals surface area contributed by atoms with Crippen molar-refractivity contribution >= 4 is 11.9 Å². The van der Waals surface area contributed by atoms with Gasteiger partial charge in [-0.15, -0.1) is 0 Å². The molecule has 1 saturated heterocycles. The number of carbonyl (C=O) groups is 2. The number of rotatable bonds is 5. The Balaban J connectivity index is 1.90. The van der Waals surface area contributed by atoms with E-state index in [4.69, 9.17) is 5.11 Å². The van der Waals surface area contributed by atoms with Gasteiger partial charge in [-0.25, -0.2) is 4.39 Å². The molecule has 5 nitrogen and oxygen atoms in total. The van der Waals surface area contributed by atoms with Gasteiger partial charge in [0.15, 0.2) is 0 Å². The fraction of sp³-hybridized carbons (Fsp3) is 0.500. The molecule has 0 spiro atoms. The van der Waals surface area contributed by atoms with E-state index in [-0.39, 0.29) is 18.1 Å². The van der Waals surface area contributed by atoms with Crippen molar-refractivity contribution < 1.29 is 19.1 Å². The maximum Gasteiger partial charge on any atom is 0.320 e. The normalized spacial score (nSPS) is 17.3. The van der Waals surface area contributed by atoms with Gasteiger partial charge >= 0.3 is 5.97 Å². The average Bonchev–Trinajstić information content (AvgIpc) is 2.50. The van der Waals surface area contributed by atoms with Gasteiger partial charge in [0, 0.05) is 26.2 Å². The molecule has 0 unspecified atom stereocenters. The fourth-order valence-corrected chi connectivity index (χ4v) is 2.79. The van der Waals surface area contributed by atoms with Crippen LogP contribution in [-0.2, 0) is 16.0 Å². The summed E-state index contributed by atoms with van der Waals surface area (Å²) in [5.74, 6) is -1.31. The third-order valence-electron chi connectivity index (χ3n) is 4.08. The molecule has 1 aliphatic rings. The number of aliphatic carboxylic acids is 1. The highest BCUT2D eigenvalue weighted by Gasteiger charge is 2.29. The topological polar surface area (TPSA) is 60.9 Å². The largest absolute Gasteiger partial charge is 0.480 e. The molecule has 1 atom stereocenters. The lowest BCUT2D eigenvalue weighted by molar-refractivity contribution is -0.144. The molecular weight excluding hydrogens is 287 g/mol. The highest BCUT2D eigenvalue weighted by Crippen LogP contribution is 2.13. The van der Waals surface area contributed by atoms with E-state index >= 15 is 0 Å². The first-order valence-electron chi connectivity index (χ1n) is 7.51. The highest BCUT2D eigenvalue weighted by atomic mass is 19.1. The first-order chi connectivity index (χ1) is 10.5. The predicted molar refractivity (Wildman–Crippen MR) is 80.0 cm³/mol. The zero-order chi connectivity index (χ0) is 16.1. The van der Waals surface area contributed by atoms with E-state index in [9.17, 15) is 14.0 Å². The van der Waals surface area contributed by atoms with Crippen molar-refractivity contribution in [2.45, 2.75) is 25.8 Å². The smallest absolute Gasteiger partial charge is 0.320 e. The molecule has 0 aliphatic carbocycles. The lowest BCUT2D eigenvalue weighted by Gasteiger charge is -2.37. The lowest BCUT2D eigenvalue weighted by atomic mass is 10.1. The van der Waals surface area contributed by atoms with Crippen molar-refractivity contribution in [3.63, 3.8) is 0 Å². The SMILES string of the molecule is CC[C@H](C(=O)O)N1CCN(C(=O)Cc2ccccc2F)CC1. The van der Waals surface area contributed by atoms with Gasteiger partial charge in [0.05, 0.1) is 6.42 Å². The van der Waals surface area contributed by atoms with E-state index in [1.165, 1.54) is 6.07 Å². The maximum atomic E-state index is 13.6. The third-order valence-corrected chi connectivity index (χ3v) is 4.08. The van der Waals surface area contributed by atoms with E-state index in [2.05, 4.69) is 0 Å². The van der Waals surface area contributed by atoms with Crippen LogP contribution in [0.2, 0.25) is 0 Å². The molecule has 1 fully saturated rings. The number of carbonyl (C=O) groups excluding carboxylic acids is 1. The number of carboxylic acids is 1. The molecule has 22 heavy (non-hydrogen) atoms. The first-order valence-corrected chi connectivity index (χ1v) is 7.51. The first kappa shape index (κ1) is 16.4. The van der Waals surface area contributed by atoms with Crippen molar-refractivity contribution in [2.24, 2.45) is 0 Å². The van der Waals surface area contributed by atoms with E-state index in [0.29, 0.717) is 38.2 Å². The van der Waals surface area contributed by atoms with Crippen molar-refractivity contribution in [3.05, 3.63) is 35.6 Å². The summed E-state index contributed by atoms with van der Waals surface area (Å²) in [6.45, 7) is 3.88. The van der Waals surface area contributed by atoms with Gasteiger partial charge in [0.2, 0.25) is 5.91 Å². The van der Waals surface area contributed by atoms with Gasteiger partial charge in [-0.1, -0.05) is 25.1 Å². The Labute approximate surface area is 129 Å². The Hall–Kier alpha value is -1.95. The molecule has 1 N–H and O–H groups in total. The Morgan fingerprint density at radius 2 is 1.86 bits per heavy atom. The molecule has 1 aliphatic heterocycles. The summed E-state index contributed by atoms with van der Waals surface area (Å²) < 4.78 is 13.6. The molecule has 1 aromatic carbocycles. The number of nitrogens with zero attached hydrogens (tertiary/aromatic N) is 2. The van der Waals surface area contributed by atoms with Crippen LogP contribution in [-0.4, -0.2) is 59.0 Å². The molecule has 6 heteroatoms. The predicted octanol–water partition coefficient (Wildman–Crippen LogP) is 1.38. The van der Waals surface area contributed by atoms with Gasteiger partial charge < -0.3 is 10.0 Å².